The van der Waals surface area contributed by atoms with Crippen molar-refractivity contribution >= 4 is 17.0 Å². The number of hydrogen-bond donors (Lipinski definition) is 1. The number of hydrogen-bond acceptors (Lipinski definition) is 1. The minimum atomic E-state index is 0. The summed E-state index contributed by atoms with van der Waals surface area (Å²) in [5.74, 6) is 0. The molecule has 0 aliphatic heterocycles. The molecular formula is C20H44BrN. The van der Waals surface area contributed by atoms with Crippen molar-refractivity contribution in [1.82, 2.24) is 5.32 Å². The Labute approximate surface area is 152 Å². The van der Waals surface area contributed by atoms with Gasteiger partial charge in [-0.3, -0.25) is 0 Å². The van der Waals surface area contributed by atoms with Gasteiger partial charge in [-0.1, -0.05) is 91.4 Å². The molecule has 0 bridgehead atoms. The van der Waals surface area contributed by atoms with Crippen LogP contribution in [0.15, 0.2) is 0 Å². The van der Waals surface area contributed by atoms with E-state index < -0.39 is 0 Å². The molecule has 0 aliphatic rings. The highest BCUT2D eigenvalue weighted by Gasteiger charge is 2.17. The molecule has 0 heterocycles. The van der Waals surface area contributed by atoms with Gasteiger partial charge in [-0.15, -0.1) is 17.0 Å². The van der Waals surface area contributed by atoms with E-state index in [-0.39, 0.29) is 17.0 Å². The molecule has 0 saturated carbocycles. The lowest BCUT2D eigenvalue weighted by molar-refractivity contribution is 0.328. The molecule has 0 amide bonds. The number of unbranched alkanes of at least 4 members (excludes halogenated alkanes) is 11. The van der Waals surface area contributed by atoms with Crippen LogP contribution in [0.2, 0.25) is 0 Å². The summed E-state index contributed by atoms with van der Waals surface area (Å²) in [6.45, 7) is 10.4. The Kier molecular flexibility index (Phi) is 20.0. The topological polar surface area (TPSA) is 12.0 Å². The van der Waals surface area contributed by atoms with Crippen LogP contribution in [0.5, 0.6) is 0 Å². The fraction of sp³-hybridized carbons (Fsp3) is 1.00. The molecule has 0 aromatic rings. The van der Waals surface area contributed by atoms with Crippen LogP contribution in [0.4, 0.5) is 0 Å². The molecule has 1 nitrogen and oxygen atoms in total. The van der Waals surface area contributed by atoms with Crippen molar-refractivity contribution in [3.05, 3.63) is 0 Å². The van der Waals surface area contributed by atoms with Crippen molar-refractivity contribution in [2.24, 2.45) is 0 Å². The molecular weight excluding hydrogens is 334 g/mol. The van der Waals surface area contributed by atoms with Gasteiger partial charge >= 0.3 is 0 Å². The van der Waals surface area contributed by atoms with E-state index in [1.165, 1.54) is 96.4 Å². The lowest BCUT2D eigenvalue weighted by Gasteiger charge is -2.28. The van der Waals surface area contributed by atoms with Gasteiger partial charge in [-0.25, -0.2) is 0 Å². The van der Waals surface area contributed by atoms with E-state index in [2.05, 4.69) is 33.0 Å². The van der Waals surface area contributed by atoms with E-state index in [9.17, 15) is 0 Å². The van der Waals surface area contributed by atoms with Crippen LogP contribution < -0.4 is 5.32 Å². The summed E-state index contributed by atoms with van der Waals surface area (Å²) in [6, 6.07) is 0. The van der Waals surface area contributed by atoms with E-state index in [4.69, 9.17) is 0 Å². The Morgan fingerprint density at radius 1 is 0.591 bits per heavy atom. The average molecular weight is 378 g/mol. The Balaban J connectivity index is 0. The molecule has 22 heavy (non-hydrogen) atoms. The van der Waals surface area contributed by atoms with Crippen LogP contribution >= 0.6 is 17.0 Å². The van der Waals surface area contributed by atoms with Gasteiger partial charge in [0.25, 0.3) is 0 Å². The smallest absolute Gasteiger partial charge is 0.0148 e. The molecule has 136 valence electrons. The molecule has 0 radical (unpaired) electrons. The molecule has 0 fully saturated rings. The summed E-state index contributed by atoms with van der Waals surface area (Å²) in [5.41, 5.74) is 0.373. The SMILES string of the molecule is Br.CCCCCCCCCCCCCCNC(C)(CC)CC. The summed E-state index contributed by atoms with van der Waals surface area (Å²) in [7, 11) is 0. The van der Waals surface area contributed by atoms with Crippen molar-refractivity contribution in [1.29, 1.82) is 0 Å². The molecule has 0 spiro atoms. The Morgan fingerprint density at radius 3 is 1.32 bits per heavy atom. The third-order valence-corrected chi connectivity index (χ3v) is 5.14. The minimum absolute atomic E-state index is 0. The summed E-state index contributed by atoms with van der Waals surface area (Å²) >= 11 is 0. The molecule has 0 aromatic heterocycles. The largest absolute Gasteiger partial charge is 0.312 e. The van der Waals surface area contributed by atoms with Crippen LogP contribution in [0.25, 0.3) is 0 Å². The van der Waals surface area contributed by atoms with E-state index in [0.717, 1.165) is 0 Å². The molecule has 1 N–H and O–H groups in total. The predicted octanol–water partition coefficient (Wildman–Crippen LogP) is 7.43. The third-order valence-electron chi connectivity index (χ3n) is 5.14. The van der Waals surface area contributed by atoms with Crippen molar-refractivity contribution in [2.45, 2.75) is 123 Å². The van der Waals surface area contributed by atoms with E-state index >= 15 is 0 Å². The fourth-order valence-electron chi connectivity index (χ4n) is 2.86. The zero-order valence-corrected chi connectivity index (χ0v) is 17.7. The molecule has 0 aromatic carbocycles. The maximum atomic E-state index is 3.73. The summed E-state index contributed by atoms with van der Waals surface area (Å²) < 4.78 is 0. The number of rotatable bonds is 16. The highest BCUT2D eigenvalue weighted by Crippen LogP contribution is 2.14. The second-order valence-electron chi connectivity index (χ2n) is 7.08. The highest BCUT2D eigenvalue weighted by atomic mass is 79.9. The molecule has 0 rings (SSSR count). The molecule has 2 heteroatoms. The fourth-order valence-corrected chi connectivity index (χ4v) is 2.86. The Bertz CT molecular complexity index is 202. The van der Waals surface area contributed by atoms with Crippen LogP contribution in [0.3, 0.4) is 0 Å². The lowest BCUT2D eigenvalue weighted by Crippen LogP contribution is -2.41. The zero-order valence-electron chi connectivity index (χ0n) is 16.0. The third kappa shape index (κ3) is 15.3. The number of nitrogens with one attached hydrogen (secondary N) is 1. The summed E-state index contributed by atoms with van der Waals surface area (Å²) in [5, 5.41) is 3.73. The van der Waals surface area contributed by atoms with Crippen LogP contribution in [-0.2, 0) is 0 Å². The minimum Gasteiger partial charge on any atom is -0.312 e. The Morgan fingerprint density at radius 2 is 0.955 bits per heavy atom. The lowest BCUT2D eigenvalue weighted by atomic mass is 9.95. The van der Waals surface area contributed by atoms with Gasteiger partial charge in [0.1, 0.15) is 0 Å². The first kappa shape index (κ1) is 24.7. The second kappa shape index (κ2) is 17.8. The van der Waals surface area contributed by atoms with Crippen molar-refractivity contribution in [3.8, 4) is 0 Å². The van der Waals surface area contributed by atoms with Crippen LogP contribution in [0, 0.1) is 0 Å². The normalized spacial score (nSPS) is 11.5. The standard InChI is InChI=1S/C20H43N.BrH/c1-5-8-9-10-11-12-13-14-15-16-17-18-19-21-20(4,6-2)7-3;/h21H,5-19H2,1-4H3;1H. The highest BCUT2D eigenvalue weighted by molar-refractivity contribution is 8.93. The Hall–Kier alpha value is 0.440. The predicted molar refractivity (Wildman–Crippen MR) is 108 cm³/mol. The van der Waals surface area contributed by atoms with Gasteiger partial charge in [-0.05, 0) is 32.7 Å². The zero-order chi connectivity index (χ0) is 15.8. The van der Waals surface area contributed by atoms with Crippen molar-refractivity contribution in [3.63, 3.8) is 0 Å². The summed E-state index contributed by atoms with van der Waals surface area (Å²) in [4.78, 5) is 0. The first-order valence-corrected chi connectivity index (χ1v) is 9.93. The first-order valence-electron chi connectivity index (χ1n) is 9.93. The van der Waals surface area contributed by atoms with Crippen LogP contribution in [0.1, 0.15) is 118 Å². The monoisotopic (exact) mass is 377 g/mol. The second-order valence-corrected chi connectivity index (χ2v) is 7.08. The average Bonchev–Trinajstić information content (AvgIpc) is 2.51. The van der Waals surface area contributed by atoms with Crippen molar-refractivity contribution < 1.29 is 0 Å². The van der Waals surface area contributed by atoms with E-state index in [1.54, 1.807) is 0 Å². The van der Waals surface area contributed by atoms with Crippen molar-refractivity contribution in [2.75, 3.05) is 6.54 Å². The quantitative estimate of drug-likeness (QED) is 0.275. The molecule has 0 saturated heterocycles. The summed E-state index contributed by atoms with van der Waals surface area (Å²) in [6.07, 6.45) is 19.7. The first-order chi connectivity index (χ1) is 10.2. The van der Waals surface area contributed by atoms with Gasteiger partial charge in [0, 0.05) is 5.54 Å². The van der Waals surface area contributed by atoms with Gasteiger partial charge in [0.2, 0.25) is 0 Å². The molecule has 0 unspecified atom stereocenters. The van der Waals surface area contributed by atoms with E-state index in [1.807, 2.05) is 0 Å². The van der Waals surface area contributed by atoms with Gasteiger partial charge in [-0.2, -0.15) is 0 Å². The molecule has 0 atom stereocenters. The van der Waals surface area contributed by atoms with Gasteiger partial charge < -0.3 is 5.32 Å². The molecule has 0 aliphatic carbocycles. The van der Waals surface area contributed by atoms with E-state index in [0.29, 0.717) is 5.54 Å². The number of halogens is 1. The maximum absolute atomic E-state index is 3.73. The van der Waals surface area contributed by atoms with Gasteiger partial charge in [0.05, 0.1) is 0 Å². The van der Waals surface area contributed by atoms with Gasteiger partial charge in [0.15, 0.2) is 0 Å². The van der Waals surface area contributed by atoms with Crippen LogP contribution in [-0.4, -0.2) is 12.1 Å². The maximum Gasteiger partial charge on any atom is 0.0148 e.